The van der Waals surface area contributed by atoms with Gasteiger partial charge in [-0.25, -0.2) is 14.7 Å². The molecule has 24 heavy (non-hydrogen) atoms. The summed E-state index contributed by atoms with van der Waals surface area (Å²) in [6, 6.07) is 6.99. The molecule has 126 valence electrons. The first kappa shape index (κ1) is 16.5. The van der Waals surface area contributed by atoms with Crippen LogP contribution in [0.5, 0.6) is 0 Å². The highest BCUT2D eigenvalue weighted by atomic mass is 32.1. The number of hydrogen-bond acceptors (Lipinski definition) is 6. The molecule has 0 bridgehead atoms. The Bertz CT molecular complexity index is 755. The Labute approximate surface area is 142 Å². The van der Waals surface area contributed by atoms with E-state index in [1.807, 2.05) is 31.2 Å². The van der Waals surface area contributed by atoms with Gasteiger partial charge < -0.3 is 4.74 Å². The van der Waals surface area contributed by atoms with E-state index in [0.29, 0.717) is 24.6 Å². The van der Waals surface area contributed by atoms with Crippen LogP contribution in [-0.4, -0.2) is 52.4 Å². The van der Waals surface area contributed by atoms with Crippen LogP contribution in [-0.2, 0) is 20.9 Å². The van der Waals surface area contributed by atoms with Gasteiger partial charge in [0.2, 0.25) is 0 Å². The van der Waals surface area contributed by atoms with Gasteiger partial charge in [0.25, 0.3) is 0 Å². The standard InChI is InChI=1S/C16H17N3O4S/c1-2-23-9-5-8-18-14(20)15(21)19(16(18)22)10-13-17-11-6-3-4-7-12(11)24-13/h3-4,6-7H,2,5,8-10H2,1H3. The van der Waals surface area contributed by atoms with Crippen molar-refractivity contribution in [3.05, 3.63) is 29.3 Å². The summed E-state index contributed by atoms with van der Waals surface area (Å²) in [5, 5.41) is 0.627. The summed E-state index contributed by atoms with van der Waals surface area (Å²) in [6.07, 6.45) is 0.508. The predicted octanol–water partition coefficient (Wildman–Crippen LogP) is 2.01. The van der Waals surface area contributed by atoms with Crippen LogP contribution in [0.1, 0.15) is 18.4 Å². The van der Waals surface area contributed by atoms with Crippen LogP contribution in [0.3, 0.4) is 0 Å². The van der Waals surface area contributed by atoms with E-state index in [1.165, 1.54) is 11.3 Å². The predicted molar refractivity (Wildman–Crippen MR) is 88.4 cm³/mol. The SMILES string of the molecule is CCOCCCN1C(=O)C(=O)N(Cc2nc3ccccc3s2)C1=O. The minimum Gasteiger partial charge on any atom is -0.382 e. The fourth-order valence-corrected chi connectivity index (χ4v) is 3.44. The fraction of sp³-hybridized carbons (Fsp3) is 0.375. The average Bonchev–Trinajstić information content (AvgIpc) is 3.08. The number of ether oxygens (including phenoxy) is 1. The van der Waals surface area contributed by atoms with Crippen molar-refractivity contribution in [1.29, 1.82) is 0 Å². The fourth-order valence-electron chi connectivity index (χ4n) is 2.48. The zero-order chi connectivity index (χ0) is 17.1. The highest BCUT2D eigenvalue weighted by Gasteiger charge is 2.44. The number of rotatable bonds is 7. The molecule has 0 N–H and O–H groups in total. The van der Waals surface area contributed by atoms with E-state index in [-0.39, 0.29) is 13.1 Å². The van der Waals surface area contributed by atoms with Crippen LogP contribution < -0.4 is 0 Å². The van der Waals surface area contributed by atoms with Gasteiger partial charge >= 0.3 is 17.8 Å². The summed E-state index contributed by atoms with van der Waals surface area (Å²) in [6.45, 7) is 3.09. The van der Waals surface area contributed by atoms with Gasteiger partial charge in [0.1, 0.15) is 5.01 Å². The lowest BCUT2D eigenvalue weighted by molar-refractivity contribution is -0.143. The summed E-state index contributed by atoms with van der Waals surface area (Å²) >= 11 is 1.41. The third-order valence-corrected chi connectivity index (χ3v) is 4.66. The Morgan fingerprint density at radius 1 is 1.12 bits per heavy atom. The lowest BCUT2D eigenvalue weighted by Crippen LogP contribution is -2.34. The number of fused-ring (bicyclic) bond motifs is 1. The van der Waals surface area contributed by atoms with Crippen molar-refractivity contribution in [3.8, 4) is 0 Å². The second kappa shape index (κ2) is 7.06. The molecule has 2 heterocycles. The molecule has 1 aliphatic heterocycles. The minimum absolute atomic E-state index is 0.0186. The molecule has 1 fully saturated rings. The van der Waals surface area contributed by atoms with Crippen molar-refractivity contribution < 1.29 is 19.1 Å². The quantitative estimate of drug-likeness (QED) is 0.435. The molecule has 8 heteroatoms. The number of imide groups is 2. The maximum Gasteiger partial charge on any atom is 0.334 e. The molecule has 0 saturated carbocycles. The molecule has 1 saturated heterocycles. The van der Waals surface area contributed by atoms with Crippen molar-refractivity contribution in [3.63, 3.8) is 0 Å². The van der Waals surface area contributed by atoms with Crippen LogP contribution in [0.25, 0.3) is 10.2 Å². The lowest BCUT2D eigenvalue weighted by atomic mass is 10.3. The maximum absolute atomic E-state index is 12.4. The van der Waals surface area contributed by atoms with Gasteiger partial charge in [-0.05, 0) is 25.5 Å². The molecular formula is C16H17N3O4S. The van der Waals surface area contributed by atoms with Crippen LogP contribution in [0.4, 0.5) is 4.79 Å². The molecule has 4 amide bonds. The molecule has 1 aliphatic rings. The molecule has 0 unspecified atom stereocenters. The number of carbonyl (C=O) groups is 3. The van der Waals surface area contributed by atoms with Crippen LogP contribution in [0.15, 0.2) is 24.3 Å². The number of thiazole rings is 1. The van der Waals surface area contributed by atoms with E-state index in [0.717, 1.165) is 20.0 Å². The third-order valence-electron chi connectivity index (χ3n) is 3.64. The third kappa shape index (κ3) is 3.15. The van der Waals surface area contributed by atoms with Gasteiger partial charge in [0.05, 0.1) is 16.8 Å². The van der Waals surface area contributed by atoms with E-state index in [4.69, 9.17) is 4.74 Å². The highest BCUT2D eigenvalue weighted by Crippen LogP contribution is 2.24. The molecule has 7 nitrogen and oxygen atoms in total. The van der Waals surface area contributed by atoms with Gasteiger partial charge in [-0.2, -0.15) is 0 Å². The zero-order valence-electron chi connectivity index (χ0n) is 13.2. The summed E-state index contributed by atoms with van der Waals surface area (Å²) in [7, 11) is 0. The van der Waals surface area contributed by atoms with Gasteiger partial charge in [-0.3, -0.25) is 14.5 Å². The molecule has 0 aliphatic carbocycles. The second-order valence-corrected chi connectivity index (χ2v) is 6.37. The van der Waals surface area contributed by atoms with Crippen LogP contribution in [0, 0.1) is 0 Å². The van der Waals surface area contributed by atoms with E-state index in [9.17, 15) is 14.4 Å². The van der Waals surface area contributed by atoms with Gasteiger partial charge in [0, 0.05) is 19.8 Å². The largest absolute Gasteiger partial charge is 0.382 e. The Morgan fingerprint density at radius 3 is 2.62 bits per heavy atom. The topological polar surface area (TPSA) is 79.8 Å². The smallest absolute Gasteiger partial charge is 0.334 e. The normalized spacial score (nSPS) is 15.1. The first-order valence-corrected chi connectivity index (χ1v) is 8.53. The molecule has 0 atom stereocenters. The van der Waals surface area contributed by atoms with E-state index in [1.54, 1.807) is 0 Å². The number of para-hydroxylation sites is 1. The van der Waals surface area contributed by atoms with Gasteiger partial charge in [-0.15, -0.1) is 11.3 Å². The van der Waals surface area contributed by atoms with Crippen molar-refractivity contribution in [2.24, 2.45) is 0 Å². The summed E-state index contributed by atoms with van der Waals surface area (Å²) in [4.78, 5) is 42.8. The molecule has 1 aromatic carbocycles. The number of carbonyl (C=O) groups excluding carboxylic acids is 3. The Morgan fingerprint density at radius 2 is 1.88 bits per heavy atom. The molecule has 3 rings (SSSR count). The first-order chi connectivity index (χ1) is 11.6. The molecule has 0 radical (unpaired) electrons. The Balaban J connectivity index is 1.70. The maximum atomic E-state index is 12.4. The number of hydrogen-bond donors (Lipinski definition) is 0. The van der Waals surface area contributed by atoms with Crippen molar-refractivity contribution in [2.45, 2.75) is 19.9 Å². The summed E-state index contributed by atoms with van der Waals surface area (Å²) in [5.41, 5.74) is 0.816. The van der Waals surface area contributed by atoms with Gasteiger partial charge in [0.15, 0.2) is 0 Å². The summed E-state index contributed by atoms with van der Waals surface area (Å²) in [5.74, 6) is -1.58. The van der Waals surface area contributed by atoms with Crippen LogP contribution >= 0.6 is 11.3 Å². The average molecular weight is 347 g/mol. The van der Waals surface area contributed by atoms with Crippen molar-refractivity contribution in [2.75, 3.05) is 19.8 Å². The zero-order valence-corrected chi connectivity index (χ0v) is 14.0. The Hall–Kier alpha value is -2.32. The minimum atomic E-state index is -0.796. The van der Waals surface area contributed by atoms with Crippen molar-refractivity contribution >= 4 is 39.4 Å². The molecule has 2 aromatic rings. The van der Waals surface area contributed by atoms with Crippen molar-refractivity contribution in [1.82, 2.24) is 14.8 Å². The number of aromatic nitrogens is 1. The Kier molecular flexibility index (Phi) is 4.86. The number of urea groups is 1. The highest BCUT2D eigenvalue weighted by molar-refractivity contribution is 7.18. The van der Waals surface area contributed by atoms with E-state index < -0.39 is 17.8 Å². The summed E-state index contributed by atoms with van der Waals surface area (Å²) < 4.78 is 6.17. The molecule has 1 aromatic heterocycles. The lowest BCUT2D eigenvalue weighted by Gasteiger charge is -2.14. The first-order valence-electron chi connectivity index (χ1n) is 7.71. The molecular weight excluding hydrogens is 330 g/mol. The number of amides is 4. The van der Waals surface area contributed by atoms with E-state index in [2.05, 4.69) is 4.98 Å². The second-order valence-electron chi connectivity index (χ2n) is 5.26. The van der Waals surface area contributed by atoms with Crippen LogP contribution in [0.2, 0.25) is 0 Å². The van der Waals surface area contributed by atoms with Gasteiger partial charge in [-0.1, -0.05) is 12.1 Å². The van der Waals surface area contributed by atoms with E-state index >= 15 is 0 Å². The number of benzene rings is 1. The monoisotopic (exact) mass is 347 g/mol. The number of nitrogens with zero attached hydrogens (tertiary/aromatic N) is 3. The molecule has 0 spiro atoms.